The van der Waals surface area contributed by atoms with Crippen molar-refractivity contribution in [1.29, 1.82) is 0 Å². The van der Waals surface area contributed by atoms with Crippen molar-refractivity contribution in [1.82, 2.24) is 5.32 Å². The molecule has 192 valence electrons. The number of hydrogen-bond donors (Lipinski definition) is 2. The first-order valence-corrected chi connectivity index (χ1v) is 13.4. The summed E-state index contributed by atoms with van der Waals surface area (Å²) in [7, 11) is 0. The first kappa shape index (κ1) is 28.6. The summed E-state index contributed by atoms with van der Waals surface area (Å²) in [5.41, 5.74) is 7.55. The highest BCUT2D eigenvalue weighted by Crippen LogP contribution is 2.39. The molecule has 1 heterocycles. The number of unbranched alkanes of at least 4 members (excludes halogenated alkanes) is 7. The van der Waals surface area contributed by atoms with E-state index in [0.29, 0.717) is 23.3 Å². The third-order valence-electron chi connectivity index (χ3n) is 6.09. The molecule has 3 N–H and O–H groups in total. The van der Waals surface area contributed by atoms with Crippen molar-refractivity contribution in [3.8, 4) is 0 Å². The SMILES string of the molecule is CCOC(=O)C1=C(N)NC(C)=C(C(=O)CCCCCCCCCCBr)C1c1cccc([N+](=O)[O-])c1. The molecule has 8 nitrogen and oxygen atoms in total. The molecule has 0 bridgehead atoms. The van der Waals surface area contributed by atoms with Gasteiger partial charge in [-0.15, -0.1) is 0 Å². The Bertz CT molecular complexity index is 973. The molecule has 0 saturated heterocycles. The van der Waals surface area contributed by atoms with Crippen molar-refractivity contribution >= 4 is 33.4 Å². The number of ketones is 1. The minimum atomic E-state index is -0.836. The third-order valence-corrected chi connectivity index (χ3v) is 6.65. The highest BCUT2D eigenvalue weighted by Gasteiger charge is 2.37. The number of benzene rings is 1. The van der Waals surface area contributed by atoms with Crippen LogP contribution in [0.3, 0.4) is 0 Å². The van der Waals surface area contributed by atoms with Crippen LogP contribution in [0.5, 0.6) is 0 Å². The lowest BCUT2D eigenvalue weighted by Gasteiger charge is -2.30. The number of Topliss-reactive ketones (excluding diaryl/α,β-unsaturated/α-hetero) is 1. The number of esters is 1. The Balaban J connectivity index is 2.20. The summed E-state index contributed by atoms with van der Waals surface area (Å²) >= 11 is 3.45. The van der Waals surface area contributed by atoms with Crippen molar-refractivity contribution in [2.75, 3.05) is 11.9 Å². The minimum absolute atomic E-state index is 0.0916. The lowest BCUT2D eigenvalue weighted by molar-refractivity contribution is -0.384. The number of nitro benzene ring substituents is 1. The molecule has 1 aromatic rings. The molecular formula is C26H36BrN3O5. The van der Waals surface area contributed by atoms with Crippen molar-refractivity contribution in [2.24, 2.45) is 5.73 Å². The Morgan fingerprint density at radius 1 is 1.09 bits per heavy atom. The van der Waals surface area contributed by atoms with Crippen molar-refractivity contribution in [3.63, 3.8) is 0 Å². The predicted molar refractivity (Wildman–Crippen MR) is 140 cm³/mol. The van der Waals surface area contributed by atoms with Gasteiger partial charge in [0.25, 0.3) is 5.69 Å². The molecule has 1 aliphatic rings. The first-order chi connectivity index (χ1) is 16.8. The lowest BCUT2D eigenvalue weighted by Crippen LogP contribution is -2.35. The molecule has 2 rings (SSSR count). The van der Waals surface area contributed by atoms with Crippen molar-refractivity contribution in [3.05, 3.63) is 62.6 Å². The Morgan fingerprint density at radius 3 is 2.31 bits per heavy atom. The second kappa shape index (κ2) is 14.7. The van der Waals surface area contributed by atoms with Crippen LogP contribution in [0.15, 0.2) is 46.9 Å². The van der Waals surface area contributed by atoms with Gasteiger partial charge in [0.05, 0.1) is 23.0 Å². The number of hydrogen-bond acceptors (Lipinski definition) is 7. The fraction of sp³-hybridized carbons (Fsp3) is 0.538. The predicted octanol–water partition coefficient (Wildman–Crippen LogP) is 5.76. The summed E-state index contributed by atoms with van der Waals surface area (Å²) in [6.45, 7) is 3.56. The van der Waals surface area contributed by atoms with Gasteiger partial charge < -0.3 is 15.8 Å². The van der Waals surface area contributed by atoms with Gasteiger partial charge in [-0.05, 0) is 32.3 Å². The van der Waals surface area contributed by atoms with Crippen LogP contribution < -0.4 is 11.1 Å². The van der Waals surface area contributed by atoms with Gasteiger partial charge >= 0.3 is 5.97 Å². The van der Waals surface area contributed by atoms with Crippen molar-refractivity contribution in [2.45, 2.75) is 77.6 Å². The van der Waals surface area contributed by atoms with E-state index in [4.69, 9.17) is 10.5 Å². The van der Waals surface area contributed by atoms with Crippen LogP contribution >= 0.6 is 15.9 Å². The van der Waals surface area contributed by atoms with Crippen LogP contribution in [0, 0.1) is 10.1 Å². The monoisotopic (exact) mass is 549 g/mol. The number of allylic oxidation sites excluding steroid dienone is 2. The van der Waals surface area contributed by atoms with Crippen LogP contribution in [0.25, 0.3) is 0 Å². The summed E-state index contributed by atoms with van der Waals surface area (Å²) in [5, 5.41) is 15.4. The molecule has 9 heteroatoms. The number of nitrogens with two attached hydrogens (primary N) is 1. The van der Waals surface area contributed by atoms with Gasteiger partial charge in [0.1, 0.15) is 5.82 Å². The number of alkyl halides is 1. The number of non-ortho nitro benzene ring substituents is 1. The maximum Gasteiger partial charge on any atom is 0.338 e. The smallest absolute Gasteiger partial charge is 0.338 e. The number of nitro groups is 1. The highest BCUT2D eigenvalue weighted by molar-refractivity contribution is 9.09. The fourth-order valence-electron chi connectivity index (χ4n) is 4.39. The normalized spacial score (nSPS) is 15.7. The Hall–Kier alpha value is -2.68. The van der Waals surface area contributed by atoms with Gasteiger partial charge in [0.15, 0.2) is 5.78 Å². The molecule has 1 aromatic carbocycles. The number of carbonyl (C=O) groups excluding carboxylic acids is 2. The zero-order valence-corrected chi connectivity index (χ0v) is 22.2. The maximum absolute atomic E-state index is 13.4. The summed E-state index contributed by atoms with van der Waals surface area (Å²) in [6.07, 6.45) is 9.14. The zero-order valence-electron chi connectivity index (χ0n) is 20.6. The second-order valence-corrected chi connectivity index (χ2v) is 9.48. The first-order valence-electron chi connectivity index (χ1n) is 12.3. The van der Waals surface area contributed by atoms with Gasteiger partial charge in [-0.1, -0.05) is 66.6 Å². The van der Waals surface area contributed by atoms with Gasteiger partial charge in [0.2, 0.25) is 0 Å². The minimum Gasteiger partial charge on any atom is -0.463 e. The molecule has 35 heavy (non-hydrogen) atoms. The van der Waals surface area contributed by atoms with E-state index in [2.05, 4.69) is 21.2 Å². The van der Waals surface area contributed by atoms with E-state index in [0.717, 1.165) is 31.0 Å². The van der Waals surface area contributed by atoms with Crippen molar-refractivity contribution < 1.29 is 19.2 Å². The van der Waals surface area contributed by atoms with E-state index in [1.807, 2.05) is 0 Å². The Morgan fingerprint density at radius 2 is 1.71 bits per heavy atom. The maximum atomic E-state index is 13.4. The van der Waals surface area contributed by atoms with Crippen LogP contribution in [0.1, 0.15) is 83.1 Å². The largest absolute Gasteiger partial charge is 0.463 e. The van der Waals surface area contributed by atoms with E-state index in [1.54, 1.807) is 26.0 Å². The van der Waals surface area contributed by atoms with Crippen LogP contribution in [-0.4, -0.2) is 28.6 Å². The zero-order chi connectivity index (χ0) is 25.8. The third kappa shape index (κ3) is 8.19. The van der Waals surface area contributed by atoms with E-state index in [-0.39, 0.29) is 29.5 Å². The Kier molecular flexibility index (Phi) is 12.0. The molecule has 1 aliphatic heterocycles. The average molecular weight is 550 g/mol. The molecule has 0 aliphatic carbocycles. The van der Waals surface area contributed by atoms with Gasteiger partial charge in [-0.25, -0.2) is 4.79 Å². The highest BCUT2D eigenvalue weighted by atomic mass is 79.9. The number of carbonyl (C=O) groups is 2. The van der Waals surface area contributed by atoms with Crippen LogP contribution in [-0.2, 0) is 14.3 Å². The average Bonchev–Trinajstić information content (AvgIpc) is 2.82. The van der Waals surface area contributed by atoms with E-state index in [1.165, 1.54) is 37.8 Å². The summed E-state index contributed by atoms with van der Waals surface area (Å²) in [6, 6.07) is 5.98. The summed E-state index contributed by atoms with van der Waals surface area (Å²) in [5.74, 6) is -1.49. The molecule has 0 saturated carbocycles. The van der Waals surface area contributed by atoms with Crippen LogP contribution in [0.4, 0.5) is 5.69 Å². The molecular weight excluding hydrogens is 514 g/mol. The standard InChI is InChI=1S/C26H36BrN3O5/c1-3-35-26(32)24-23(19-13-12-14-20(17-19)30(33)34)22(18(2)29-25(24)28)21(31)15-10-8-6-4-5-7-9-11-16-27/h12-14,17,23,29H,3-11,15-16,28H2,1-2H3. The van der Waals surface area contributed by atoms with E-state index >= 15 is 0 Å². The molecule has 0 fully saturated rings. The summed E-state index contributed by atoms with van der Waals surface area (Å²) in [4.78, 5) is 37.1. The quantitative estimate of drug-likeness (QED) is 0.0935. The van der Waals surface area contributed by atoms with Gasteiger partial charge in [-0.3, -0.25) is 14.9 Å². The number of halogens is 1. The van der Waals surface area contributed by atoms with E-state index in [9.17, 15) is 19.7 Å². The topological polar surface area (TPSA) is 125 Å². The number of ether oxygens (including phenoxy) is 1. The fourth-order valence-corrected chi connectivity index (χ4v) is 4.78. The van der Waals surface area contributed by atoms with Gasteiger partial charge in [-0.2, -0.15) is 0 Å². The molecule has 1 unspecified atom stereocenters. The molecule has 1 atom stereocenters. The number of rotatable bonds is 15. The molecule has 0 radical (unpaired) electrons. The Labute approximate surface area is 215 Å². The number of dihydropyridines is 1. The summed E-state index contributed by atoms with van der Waals surface area (Å²) < 4.78 is 5.22. The lowest BCUT2D eigenvalue weighted by atomic mass is 9.78. The molecule has 0 aromatic heterocycles. The second-order valence-electron chi connectivity index (χ2n) is 8.69. The van der Waals surface area contributed by atoms with Crippen LogP contribution in [0.2, 0.25) is 0 Å². The molecule has 0 spiro atoms. The van der Waals surface area contributed by atoms with E-state index < -0.39 is 16.8 Å². The molecule has 0 amide bonds. The van der Waals surface area contributed by atoms with Gasteiger partial charge in [0, 0.05) is 35.2 Å². The number of nitrogens with one attached hydrogen (secondary N) is 1. The number of nitrogens with zero attached hydrogens (tertiary/aromatic N) is 1.